The van der Waals surface area contributed by atoms with Crippen molar-refractivity contribution in [2.75, 3.05) is 0 Å². The average molecular weight is 209 g/mol. The fourth-order valence-corrected chi connectivity index (χ4v) is 2.07. The molecule has 5 heteroatoms. The topological polar surface area (TPSA) is 46.4 Å². The molecule has 74 valence electrons. The van der Waals surface area contributed by atoms with Crippen LogP contribution in [0.5, 0.6) is 0 Å². The standard InChI is InChI=1S/C9H11N3OS/c1-2-8(13)11-5-7-6-14-9-10-3-4-12(7)9/h3-4,6H,2,5H2,1H3,(H,11,13). The van der Waals surface area contributed by atoms with E-state index in [9.17, 15) is 4.79 Å². The number of imidazole rings is 1. The molecule has 0 spiro atoms. The van der Waals surface area contributed by atoms with E-state index in [4.69, 9.17) is 0 Å². The molecule has 2 heterocycles. The summed E-state index contributed by atoms with van der Waals surface area (Å²) in [6.07, 6.45) is 4.19. The van der Waals surface area contributed by atoms with Gasteiger partial charge in [0.2, 0.25) is 5.91 Å². The lowest BCUT2D eigenvalue weighted by Gasteiger charge is -2.01. The molecule has 2 rings (SSSR count). The van der Waals surface area contributed by atoms with Gasteiger partial charge in [0.1, 0.15) is 0 Å². The number of rotatable bonds is 3. The maximum absolute atomic E-state index is 11.0. The molecule has 14 heavy (non-hydrogen) atoms. The summed E-state index contributed by atoms with van der Waals surface area (Å²) in [5, 5.41) is 4.85. The van der Waals surface area contributed by atoms with E-state index in [1.165, 1.54) is 0 Å². The van der Waals surface area contributed by atoms with Gasteiger partial charge in [0.15, 0.2) is 4.96 Å². The van der Waals surface area contributed by atoms with Gasteiger partial charge in [-0.25, -0.2) is 4.98 Å². The van der Waals surface area contributed by atoms with Crippen LogP contribution >= 0.6 is 11.3 Å². The molecular formula is C9H11N3OS. The van der Waals surface area contributed by atoms with E-state index in [-0.39, 0.29) is 5.91 Å². The number of nitrogens with one attached hydrogen (secondary N) is 1. The minimum Gasteiger partial charge on any atom is -0.350 e. The van der Waals surface area contributed by atoms with Crippen molar-refractivity contribution < 1.29 is 4.79 Å². The lowest BCUT2D eigenvalue weighted by atomic mass is 10.4. The third-order valence-corrected chi connectivity index (χ3v) is 2.91. The summed E-state index contributed by atoms with van der Waals surface area (Å²) in [5.41, 5.74) is 1.07. The highest BCUT2D eigenvalue weighted by molar-refractivity contribution is 7.15. The highest BCUT2D eigenvalue weighted by Gasteiger charge is 2.04. The van der Waals surface area contributed by atoms with Crippen molar-refractivity contribution in [2.24, 2.45) is 0 Å². The van der Waals surface area contributed by atoms with E-state index < -0.39 is 0 Å². The fourth-order valence-electron chi connectivity index (χ4n) is 1.21. The first-order valence-electron chi connectivity index (χ1n) is 4.47. The Kier molecular flexibility index (Phi) is 2.49. The Balaban J connectivity index is 2.11. The predicted octanol–water partition coefficient (Wildman–Crippen LogP) is 1.42. The van der Waals surface area contributed by atoms with Gasteiger partial charge in [0.05, 0.1) is 12.2 Å². The van der Waals surface area contributed by atoms with Crippen LogP contribution in [-0.2, 0) is 11.3 Å². The van der Waals surface area contributed by atoms with E-state index in [0.29, 0.717) is 13.0 Å². The highest BCUT2D eigenvalue weighted by Crippen LogP contribution is 2.13. The van der Waals surface area contributed by atoms with Crippen LogP contribution in [0, 0.1) is 0 Å². The summed E-state index contributed by atoms with van der Waals surface area (Å²) in [6.45, 7) is 2.42. The maximum Gasteiger partial charge on any atom is 0.220 e. The molecule has 0 aliphatic carbocycles. The van der Waals surface area contributed by atoms with Crippen LogP contribution in [0.25, 0.3) is 4.96 Å². The van der Waals surface area contributed by atoms with E-state index in [0.717, 1.165) is 10.7 Å². The number of thiazole rings is 1. The molecule has 1 amide bonds. The van der Waals surface area contributed by atoms with E-state index in [2.05, 4.69) is 10.3 Å². The largest absolute Gasteiger partial charge is 0.350 e. The van der Waals surface area contributed by atoms with E-state index in [1.807, 2.05) is 22.9 Å². The zero-order valence-corrected chi connectivity index (χ0v) is 8.67. The molecule has 2 aromatic heterocycles. The van der Waals surface area contributed by atoms with Gasteiger partial charge in [0.25, 0.3) is 0 Å². The Morgan fingerprint density at radius 3 is 3.36 bits per heavy atom. The average Bonchev–Trinajstić information content (AvgIpc) is 2.76. The molecule has 2 aromatic rings. The second-order valence-electron chi connectivity index (χ2n) is 2.94. The van der Waals surface area contributed by atoms with Gasteiger partial charge >= 0.3 is 0 Å². The monoisotopic (exact) mass is 209 g/mol. The SMILES string of the molecule is CCC(=O)NCc1csc2nccn12. The molecule has 0 saturated heterocycles. The smallest absolute Gasteiger partial charge is 0.220 e. The molecule has 0 radical (unpaired) electrons. The molecule has 0 bridgehead atoms. The molecule has 0 saturated carbocycles. The first-order valence-corrected chi connectivity index (χ1v) is 5.35. The summed E-state index contributed by atoms with van der Waals surface area (Å²) in [6, 6.07) is 0. The van der Waals surface area contributed by atoms with Gasteiger partial charge in [-0.2, -0.15) is 0 Å². The van der Waals surface area contributed by atoms with Crippen molar-refractivity contribution in [3.05, 3.63) is 23.5 Å². The Hall–Kier alpha value is -1.36. The van der Waals surface area contributed by atoms with E-state index in [1.54, 1.807) is 17.5 Å². The van der Waals surface area contributed by atoms with Crippen LogP contribution in [0.4, 0.5) is 0 Å². The second kappa shape index (κ2) is 3.79. The van der Waals surface area contributed by atoms with Gasteiger partial charge in [-0.3, -0.25) is 9.20 Å². The van der Waals surface area contributed by atoms with Crippen LogP contribution in [0.3, 0.4) is 0 Å². The Bertz CT molecular complexity index is 446. The first kappa shape index (κ1) is 9.21. The second-order valence-corrected chi connectivity index (χ2v) is 3.77. The third-order valence-electron chi connectivity index (χ3n) is 2.00. The van der Waals surface area contributed by atoms with Crippen LogP contribution < -0.4 is 5.32 Å². The molecule has 0 aromatic carbocycles. The van der Waals surface area contributed by atoms with Gasteiger partial charge in [-0.05, 0) is 0 Å². The van der Waals surface area contributed by atoms with Crippen LogP contribution in [0.15, 0.2) is 17.8 Å². The van der Waals surface area contributed by atoms with Crippen molar-refractivity contribution in [1.82, 2.24) is 14.7 Å². The van der Waals surface area contributed by atoms with Gasteiger partial charge in [0, 0.05) is 24.2 Å². The number of carbonyl (C=O) groups excluding carboxylic acids is 1. The molecule has 0 atom stereocenters. The first-order chi connectivity index (χ1) is 6.81. The van der Waals surface area contributed by atoms with Gasteiger partial charge in [-0.1, -0.05) is 6.92 Å². The zero-order valence-electron chi connectivity index (χ0n) is 7.86. The van der Waals surface area contributed by atoms with Gasteiger partial charge < -0.3 is 5.32 Å². The summed E-state index contributed by atoms with van der Waals surface area (Å²) in [5.74, 6) is 0.0736. The number of carbonyl (C=O) groups is 1. The maximum atomic E-state index is 11.0. The van der Waals surface area contributed by atoms with Crippen LogP contribution in [0.2, 0.25) is 0 Å². The fraction of sp³-hybridized carbons (Fsp3) is 0.333. The van der Waals surface area contributed by atoms with Crippen molar-refractivity contribution in [3.63, 3.8) is 0 Å². The Labute approximate surface area is 85.6 Å². The molecule has 0 fully saturated rings. The van der Waals surface area contributed by atoms with Crippen LogP contribution in [-0.4, -0.2) is 15.3 Å². The highest BCUT2D eigenvalue weighted by atomic mass is 32.1. The quantitative estimate of drug-likeness (QED) is 0.831. The summed E-state index contributed by atoms with van der Waals surface area (Å²) < 4.78 is 1.99. The molecule has 4 nitrogen and oxygen atoms in total. The zero-order chi connectivity index (χ0) is 9.97. The number of amides is 1. The minimum absolute atomic E-state index is 0.0736. The molecular weight excluding hydrogens is 198 g/mol. The summed E-state index contributed by atoms with van der Waals surface area (Å²) in [7, 11) is 0. The third kappa shape index (κ3) is 1.63. The van der Waals surface area contributed by atoms with Crippen molar-refractivity contribution in [3.8, 4) is 0 Å². The molecule has 0 aliphatic rings. The van der Waals surface area contributed by atoms with E-state index >= 15 is 0 Å². The summed E-state index contributed by atoms with van der Waals surface area (Å²) >= 11 is 1.58. The number of fused-ring (bicyclic) bond motifs is 1. The normalized spacial score (nSPS) is 10.6. The number of nitrogens with zero attached hydrogens (tertiary/aromatic N) is 2. The molecule has 1 N–H and O–H groups in total. The number of hydrogen-bond donors (Lipinski definition) is 1. The van der Waals surface area contributed by atoms with Crippen LogP contribution in [0.1, 0.15) is 19.0 Å². The lowest BCUT2D eigenvalue weighted by Crippen LogP contribution is -2.22. The molecule has 0 aliphatic heterocycles. The number of hydrogen-bond acceptors (Lipinski definition) is 3. The predicted molar refractivity (Wildman–Crippen MR) is 55.2 cm³/mol. The summed E-state index contributed by atoms with van der Waals surface area (Å²) in [4.78, 5) is 16.2. The minimum atomic E-state index is 0.0736. The van der Waals surface area contributed by atoms with Crippen molar-refractivity contribution >= 4 is 22.2 Å². The molecule has 0 unspecified atom stereocenters. The Morgan fingerprint density at radius 1 is 1.71 bits per heavy atom. The van der Waals surface area contributed by atoms with Crippen molar-refractivity contribution in [2.45, 2.75) is 19.9 Å². The lowest BCUT2D eigenvalue weighted by molar-refractivity contribution is -0.120. The number of aromatic nitrogens is 2. The van der Waals surface area contributed by atoms with Crippen molar-refractivity contribution in [1.29, 1.82) is 0 Å². The van der Waals surface area contributed by atoms with Gasteiger partial charge in [-0.15, -0.1) is 11.3 Å². The Morgan fingerprint density at radius 2 is 2.57 bits per heavy atom.